The fourth-order valence-corrected chi connectivity index (χ4v) is 8.38. The number of nitrogens with zero attached hydrogens (tertiary/aromatic N) is 4. The molecular weight excluding hydrogens is 665 g/mol. The van der Waals surface area contributed by atoms with Gasteiger partial charge in [-0.2, -0.15) is 0 Å². The number of ether oxygens (including phenoxy) is 1. The molecule has 4 aromatic rings. The van der Waals surface area contributed by atoms with Crippen molar-refractivity contribution in [1.29, 1.82) is 0 Å². The molecule has 1 aromatic heterocycles. The van der Waals surface area contributed by atoms with Gasteiger partial charge in [-0.05, 0) is 79.8 Å². The highest BCUT2D eigenvalue weighted by molar-refractivity contribution is 7.09. The fourth-order valence-electron chi connectivity index (χ4n) is 7.69. The van der Waals surface area contributed by atoms with Gasteiger partial charge in [0.1, 0.15) is 0 Å². The Morgan fingerprint density at radius 1 is 0.712 bits per heavy atom. The van der Waals surface area contributed by atoms with E-state index in [-0.39, 0.29) is 17.4 Å². The summed E-state index contributed by atoms with van der Waals surface area (Å²) < 4.78 is 5.63. The van der Waals surface area contributed by atoms with Crippen LogP contribution in [0.4, 0.5) is 11.4 Å². The number of methoxy groups -OCH3 is 1. The van der Waals surface area contributed by atoms with Gasteiger partial charge in [0.05, 0.1) is 12.1 Å². The number of rotatable bonds is 14. The Morgan fingerprint density at radius 2 is 1.27 bits per heavy atom. The monoisotopic (exact) mass is 722 g/mol. The number of anilines is 2. The van der Waals surface area contributed by atoms with E-state index in [1.165, 1.54) is 10.4 Å². The molecule has 0 spiro atoms. The number of hydrogen-bond acceptors (Lipinski definition) is 6. The number of para-hydroxylation sites is 2. The molecule has 2 saturated heterocycles. The molecule has 8 heteroatoms. The first kappa shape index (κ1) is 39.4. The molecule has 278 valence electrons. The molecule has 2 fully saturated rings. The van der Waals surface area contributed by atoms with Crippen molar-refractivity contribution < 1.29 is 14.3 Å². The van der Waals surface area contributed by atoms with Gasteiger partial charge in [0.25, 0.3) is 0 Å². The minimum absolute atomic E-state index is 0.172. The predicted molar refractivity (Wildman–Crippen MR) is 216 cm³/mol. The van der Waals surface area contributed by atoms with Crippen LogP contribution < -0.4 is 9.80 Å². The van der Waals surface area contributed by atoms with E-state index in [0.29, 0.717) is 25.5 Å². The van der Waals surface area contributed by atoms with Crippen LogP contribution >= 0.6 is 11.3 Å². The average Bonchev–Trinajstić information content (AvgIpc) is 3.73. The Bertz CT molecular complexity index is 1590. The van der Waals surface area contributed by atoms with E-state index in [1.807, 2.05) is 83.5 Å². The number of thiophene rings is 1. The molecule has 2 aliphatic rings. The zero-order chi connectivity index (χ0) is 36.6. The average molecular weight is 723 g/mol. The van der Waals surface area contributed by atoms with Crippen molar-refractivity contribution in [3.05, 3.63) is 119 Å². The minimum Gasteiger partial charge on any atom is -0.382 e. The zero-order valence-corrected chi connectivity index (χ0v) is 32.3. The van der Waals surface area contributed by atoms with Crippen molar-refractivity contribution in [2.24, 2.45) is 0 Å². The fraction of sp³-hybridized carbons (Fsp3) is 0.455. The van der Waals surface area contributed by atoms with Crippen LogP contribution in [0.15, 0.2) is 109 Å². The van der Waals surface area contributed by atoms with Crippen molar-refractivity contribution in [3.63, 3.8) is 0 Å². The van der Waals surface area contributed by atoms with Crippen LogP contribution in [0.2, 0.25) is 0 Å². The number of carbonyl (C=O) groups excluding carboxylic acids is 2. The van der Waals surface area contributed by atoms with E-state index in [2.05, 4.69) is 69.8 Å². The number of amides is 2. The third kappa shape index (κ3) is 10.9. The number of piperidine rings is 2. The number of hydrogen-bond donors (Lipinski definition) is 0. The van der Waals surface area contributed by atoms with Crippen LogP contribution in [-0.4, -0.2) is 86.2 Å². The van der Waals surface area contributed by atoms with Crippen molar-refractivity contribution in [1.82, 2.24) is 9.80 Å². The molecule has 2 amide bonds. The SMILES string of the molecule is CCC(=O)N(c1ccccc1)C1(COC)CCN(CCc2cccs2)CC1.CCC(=O)N(c1ccccc1)C1CCN(CCc2ccccc2)CC1. The topological polar surface area (TPSA) is 56.3 Å². The van der Waals surface area contributed by atoms with Crippen LogP contribution in [0.1, 0.15) is 62.8 Å². The molecule has 0 unspecified atom stereocenters. The summed E-state index contributed by atoms with van der Waals surface area (Å²) >= 11 is 1.83. The van der Waals surface area contributed by atoms with Crippen molar-refractivity contribution in [2.75, 3.05) is 62.8 Å². The molecular formula is C44H58N4O3S. The maximum atomic E-state index is 12.9. The van der Waals surface area contributed by atoms with Crippen LogP contribution in [0.25, 0.3) is 0 Å². The standard InChI is InChI=1S/C22H30N2O2S.C22H28N2O/c1-3-21(25)24(19-8-5-4-6-9-19)22(18-26-2)12-15-23(16-13-22)14-11-20-10-7-17-27-20;1-2-22(25)24(20-11-7-4-8-12-20)21-14-17-23(18-15-21)16-13-19-9-5-3-6-10-19/h4-10,17H,3,11-16,18H2,1-2H3;3-12,21H,2,13-18H2,1H3. The van der Waals surface area contributed by atoms with Gasteiger partial charge in [0.15, 0.2) is 0 Å². The second-order valence-corrected chi connectivity index (χ2v) is 15.0. The summed E-state index contributed by atoms with van der Waals surface area (Å²) in [7, 11) is 1.74. The van der Waals surface area contributed by atoms with E-state index in [0.717, 1.165) is 89.2 Å². The van der Waals surface area contributed by atoms with Gasteiger partial charge in [-0.25, -0.2) is 0 Å². The summed E-state index contributed by atoms with van der Waals surface area (Å²) in [5.74, 6) is 0.402. The summed E-state index contributed by atoms with van der Waals surface area (Å²) in [5.41, 5.74) is 3.16. The molecule has 3 heterocycles. The van der Waals surface area contributed by atoms with Gasteiger partial charge in [-0.1, -0.05) is 86.6 Å². The zero-order valence-electron chi connectivity index (χ0n) is 31.5. The molecule has 0 radical (unpaired) electrons. The summed E-state index contributed by atoms with van der Waals surface area (Å²) in [5, 5.41) is 2.14. The molecule has 3 aromatic carbocycles. The summed E-state index contributed by atoms with van der Waals surface area (Å²) in [4.78, 5) is 36.0. The smallest absolute Gasteiger partial charge is 0.227 e. The highest BCUT2D eigenvalue weighted by Crippen LogP contribution is 2.35. The molecule has 0 aliphatic carbocycles. The van der Waals surface area contributed by atoms with E-state index in [9.17, 15) is 9.59 Å². The predicted octanol–water partition coefficient (Wildman–Crippen LogP) is 8.35. The van der Waals surface area contributed by atoms with Crippen molar-refractivity contribution in [3.8, 4) is 0 Å². The van der Waals surface area contributed by atoms with Crippen LogP contribution in [0.3, 0.4) is 0 Å². The molecule has 7 nitrogen and oxygen atoms in total. The van der Waals surface area contributed by atoms with Gasteiger partial charge < -0.3 is 24.3 Å². The Balaban J connectivity index is 0.000000202. The second kappa shape index (κ2) is 20.4. The van der Waals surface area contributed by atoms with Crippen LogP contribution in [0, 0.1) is 0 Å². The third-order valence-electron chi connectivity index (χ3n) is 10.6. The van der Waals surface area contributed by atoms with Crippen molar-refractivity contribution >= 4 is 34.5 Å². The molecule has 0 saturated carbocycles. The highest BCUT2D eigenvalue weighted by atomic mass is 32.1. The van der Waals surface area contributed by atoms with Gasteiger partial charge >= 0.3 is 0 Å². The lowest BCUT2D eigenvalue weighted by atomic mass is 9.85. The van der Waals surface area contributed by atoms with Crippen molar-refractivity contribution in [2.45, 2.75) is 76.8 Å². The van der Waals surface area contributed by atoms with E-state index >= 15 is 0 Å². The molecule has 0 N–H and O–H groups in total. The van der Waals surface area contributed by atoms with E-state index < -0.39 is 0 Å². The molecule has 52 heavy (non-hydrogen) atoms. The Morgan fingerprint density at radius 3 is 1.83 bits per heavy atom. The summed E-state index contributed by atoms with van der Waals surface area (Å²) in [6, 6.07) is 35.5. The lowest BCUT2D eigenvalue weighted by Crippen LogP contribution is -2.60. The first-order valence-electron chi connectivity index (χ1n) is 19.2. The maximum absolute atomic E-state index is 12.9. The first-order valence-corrected chi connectivity index (χ1v) is 20.1. The highest BCUT2D eigenvalue weighted by Gasteiger charge is 2.42. The summed E-state index contributed by atoms with van der Waals surface area (Å²) in [6.07, 6.45) is 7.24. The third-order valence-corrected chi connectivity index (χ3v) is 11.5. The maximum Gasteiger partial charge on any atom is 0.227 e. The summed E-state index contributed by atoms with van der Waals surface area (Å²) in [6.45, 7) is 10.8. The van der Waals surface area contributed by atoms with Crippen LogP contribution in [0.5, 0.6) is 0 Å². The molecule has 6 rings (SSSR count). The molecule has 0 atom stereocenters. The van der Waals surface area contributed by atoms with Crippen LogP contribution in [-0.2, 0) is 27.2 Å². The van der Waals surface area contributed by atoms with Gasteiger partial charge in [0.2, 0.25) is 11.8 Å². The van der Waals surface area contributed by atoms with Gasteiger partial charge in [-0.3, -0.25) is 9.59 Å². The van der Waals surface area contributed by atoms with E-state index in [1.54, 1.807) is 7.11 Å². The minimum atomic E-state index is -0.261. The second-order valence-electron chi connectivity index (χ2n) is 14.0. The Hall–Kier alpha value is -3.82. The Kier molecular flexibility index (Phi) is 15.5. The van der Waals surface area contributed by atoms with Gasteiger partial charge in [0, 0.05) is 81.5 Å². The number of carbonyl (C=O) groups is 2. The largest absolute Gasteiger partial charge is 0.382 e. The Labute approximate surface area is 316 Å². The lowest BCUT2D eigenvalue weighted by Gasteiger charge is -2.48. The lowest BCUT2D eigenvalue weighted by molar-refractivity contribution is -0.121. The normalized spacial score (nSPS) is 16.4. The molecule has 0 bridgehead atoms. The quantitative estimate of drug-likeness (QED) is 0.131. The van der Waals surface area contributed by atoms with E-state index in [4.69, 9.17) is 4.74 Å². The number of likely N-dealkylation sites (tertiary alicyclic amines) is 2. The molecule has 2 aliphatic heterocycles. The number of benzene rings is 3. The first-order chi connectivity index (χ1) is 25.5. The van der Waals surface area contributed by atoms with Gasteiger partial charge in [-0.15, -0.1) is 11.3 Å².